The Morgan fingerprint density at radius 2 is 2.06 bits per heavy atom. The van der Waals surface area contributed by atoms with Gasteiger partial charge < -0.3 is 15.5 Å². The van der Waals surface area contributed by atoms with Gasteiger partial charge in [0.2, 0.25) is 0 Å². The van der Waals surface area contributed by atoms with Crippen molar-refractivity contribution in [1.29, 1.82) is 0 Å². The van der Waals surface area contributed by atoms with Crippen LogP contribution < -0.4 is 5.32 Å². The maximum atomic E-state index is 13.2. The lowest BCUT2D eigenvalue weighted by Gasteiger charge is -2.28. The number of hydrogen-bond acceptors (Lipinski definition) is 3. The molecule has 0 spiro atoms. The molecule has 0 fully saturated rings. The van der Waals surface area contributed by atoms with Crippen molar-refractivity contribution in [2.24, 2.45) is 0 Å². The molecule has 1 aromatic carbocycles. The van der Waals surface area contributed by atoms with Gasteiger partial charge in [-0.2, -0.15) is 0 Å². The Morgan fingerprint density at radius 1 is 1.33 bits per heavy atom. The molecule has 1 aromatic rings. The maximum absolute atomic E-state index is 13.2. The summed E-state index contributed by atoms with van der Waals surface area (Å²) in [5.74, 6) is -0.241. The number of halogens is 1. The van der Waals surface area contributed by atoms with Crippen molar-refractivity contribution in [3.8, 4) is 0 Å². The summed E-state index contributed by atoms with van der Waals surface area (Å²) in [6.07, 6.45) is 0.510. The summed E-state index contributed by atoms with van der Waals surface area (Å²) in [5, 5.41) is 21.2. The first-order valence-corrected chi connectivity index (χ1v) is 6.21. The minimum absolute atomic E-state index is 0.0141. The highest BCUT2D eigenvalue weighted by Gasteiger charge is 2.22. The van der Waals surface area contributed by atoms with E-state index in [4.69, 9.17) is 10.2 Å². The molecular weight excluding hydrogens is 233 g/mol. The van der Waals surface area contributed by atoms with Crippen molar-refractivity contribution in [1.82, 2.24) is 5.32 Å². The molecule has 3 nitrogen and oxygen atoms in total. The molecule has 18 heavy (non-hydrogen) atoms. The summed E-state index contributed by atoms with van der Waals surface area (Å²) < 4.78 is 13.2. The first-order chi connectivity index (χ1) is 8.49. The molecule has 1 rings (SSSR count). The molecule has 4 heteroatoms. The summed E-state index contributed by atoms with van der Waals surface area (Å²) in [5.41, 5.74) is 0.681. The summed E-state index contributed by atoms with van der Waals surface area (Å²) in [6.45, 7) is 4.67. The van der Waals surface area contributed by atoms with Crippen molar-refractivity contribution in [3.05, 3.63) is 35.6 Å². The van der Waals surface area contributed by atoms with Crippen LogP contribution in [0, 0.1) is 5.82 Å². The van der Waals surface area contributed by atoms with Gasteiger partial charge in [-0.15, -0.1) is 0 Å². The molecule has 0 aromatic heterocycles. The monoisotopic (exact) mass is 255 g/mol. The second-order valence-corrected chi connectivity index (χ2v) is 5.17. The van der Waals surface area contributed by atoms with E-state index in [0.29, 0.717) is 13.0 Å². The number of hydrogen-bond donors (Lipinski definition) is 3. The van der Waals surface area contributed by atoms with Crippen molar-refractivity contribution in [3.63, 3.8) is 0 Å². The third-order valence-electron chi connectivity index (χ3n) is 3.14. The van der Waals surface area contributed by atoms with Gasteiger partial charge in [-0.1, -0.05) is 26.0 Å². The lowest BCUT2D eigenvalue weighted by atomic mass is 9.84. The topological polar surface area (TPSA) is 52.5 Å². The van der Waals surface area contributed by atoms with E-state index >= 15 is 0 Å². The van der Waals surface area contributed by atoms with Gasteiger partial charge >= 0.3 is 0 Å². The zero-order chi connectivity index (χ0) is 13.6. The van der Waals surface area contributed by atoms with Gasteiger partial charge in [0.15, 0.2) is 0 Å². The van der Waals surface area contributed by atoms with Crippen molar-refractivity contribution in [2.75, 3.05) is 19.8 Å². The van der Waals surface area contributed by atoms with Gasteiger partial charge in [0.05, 0.1) is 6.61 Å². The van der Waals surface area contributed by atoms with Gasteiger partial charge in [0.1, 0.15) is 5.82 Å². The Kier molecular flexibility index (Phi) is 5.72. The number of nitrogens with one attached hydrogen (secondary N) is 1. The van der Waals surface area contributed by atoms with E-state index in [1.165, 1.54) is 12.1 Å². The van der Waals surface area contributed by atoms with Crippen LogP contribution in [0.25, 0.3) is 0 Å². The van der Waals surface area contributed by atoms with Crippen molar-refractivity contribution in [2.45, 2.75) is 31.7 Å². The Labute approximate surface area is 108 Å². The summed E-state index contributed by atoms with van der Waals surface area (Å²) in [4.78, 5) is 0. The highest BCUT2D eigenvalue weighted by molar-refractivity contribution is 5.24. The van der Waals surface area contributed by atoms with Gasteiger partial charge in [0.25, 0.3) is 0 Å². The Balaban J connectivity index is 2.64. The average molecular weight is 255 g/mol. The van der Waals surface area contributed by atoms with Crippen LogP contribution >= 0.6 is 0 Å². The summed E-state index contributed by atoms with van der Waals surface area (Å²) in [7, 11) is 0. The van der Waals surface area contributed by atoms with Crippen LogP contribution in [0.2, 0.25) is 0 Å². The maximum Gasteiger partial charge on any atom is 0.123 e. The van der Waals surface area contributed by atoms with Crippen LogP contribution in [0.4, 0.5) is 4.39 Å². The van der Waals surface area contributed by atoms with Crippen LogP contribution in [0.15, 0.2) is 24.3 Å². The highest BCUT2D eigenvalue weighted by atomic mass is 19.1. The Bertz CT molecular complexity index is 369. The first kappa shape index (κ1) is 15.1. The molecule has 0 saturated carbocycles. The van der Waals surface area contributed by atoms with E-state index in [1.807, 2.05) is 19.9 Å². The molecule has 0 aliphatic heterocycles. The molecule has 0 saturated heterocycles. The van der Waals surface area contributed by atoms with E-state index in [0.717, 1.165) is 5.56 Å². The average Bonchev–Trinajstić information content (AvgIpc) is 2.34. The zero-order valence-corrected chi connectivity index (χ0v) is 11.0. The fourth-order valence-corrected chi connectivity index (χ4v) is 1.82. The third kappa shape index (κ3) is 4.37. The van der Waals surface area contributed by atoms with E-state index in [9.17, 15) is 4.39 Å². The third-order valence-corrected chi connectivity index (χ3v) is 3.14. The minimum Gasteiger partial charge on any atom is -0.396 e. The fourth-order valence-electron chi connectivity index (χ4n) is 1.82. The molecule has 1 unspecified atom stereocenters. The largest absolute Gasteiger partial charge is 0.396 e. The molecule has 1 atom stereocenters. The van der Waals surface area contributed by atoms with Gasteiger partial charge in [-0.25, -0.2) is 4.39 Å². The zero-order valence-electron chi connectivity index (χ0n) is 11.0. The predicted molar refractivity (Wildman–Crippen MR) is 70.0 cm³/mol. The normalized spacial score (nSPS) is 13.6. The van der Waals surface area contributed by atoms with Crippen LogP contribution in [0.3, 0.4) is 0 Å². The van der Waals surface area contributed by atoms with Crippen molar-refractivity contribution < 1.29 is 14.6 Å². The van der Waals surface area contributed by atoms with Gasteiger partial charge in [-0.3, -0.25) is 0 Å². The van der Waals surface area contributed by atoms with Crippen molar-refractivity contribution >= 4 is 0 Å². The molecule has 0 bridgehead atoms. The van der Waals surface area contributed by atoms with Crippen LogP contribution in [-0.2, 0) is 5.41 Å². The quantitative estimate of drug-likeness (QED) is 0.691. The number of rotatable bonds is 7. The van der Waals surface area contributed by atoms with E-state index < -0.39 is 0 Å². The van der Waals surface area contributed by atoms with Gasteiger partial charge in [0, 0.05) is 24.6 Å². The molecule has 0 heterocycles. The van der Waals surface area contributed by atoms with E-state index in [2.05, 4.69) is 5.32 Å². The second kappa shape index (κ2) is 6.83. The van der Waals surface area contributed by atoms with Crippen LogP contribution in [0.1, 0.15) is 25.8 Å². The number of aliphatic hydroxyl groups excluding tert-OH is 2. The molecule has 0 amide bonds. The number of aliphatic hydroxyl groups is 2. The Hall–Kier alpha value is -0.970. The van der Waals surface area contributed by atoms with E-state index in [-0.39, 0.29) is 30.5 Å². The second-order valence-electron chi connectivity index (χ2n) is 5.17. The Morgan fingerprint density at radius 3 is 2.61 bits per heavy atom. The molecule has 0 aliphatic rings. The minimum atomic E-state index is -0.241. The first-order valence-electron chi connectivity index (χ1n) is 6.21. The van der Waals surface area contributed by atoms with Crippen LogP contribution in [-0.4, -0.2) is 36.0 Å². The molecular formula is C14H22FNO2. The molecule has 0 aliphatic carbocycles. The fraction of sp³-hybridized carbons (Fsp3) is 0.571. The van der Waals surface area contributed by atoms with E-state index in [1.54, 1.807) is 6.07 Å². The summed E-state index contributed by atoms with van der Waals surface area (Å²) in [6, 6.07) is 6.42. The molecule has 0 radical (unpaired) electrons. The standard InChI is InChI=1S/C14H22FNO2/c1-14(2,10-16-13(9-18)6-7-17)11-4-3-5-12(15)8-11/h3-5,8,13,16-18H,6-7,9-10H2,1-2H3. The predicted octanol–water partition coefficient (Wildman–Crippen LogP) is 1.44. The molecule has 102 valence electrons. The SMILES string of the molecule is CC(C)(CNC(CO)CCO)c1cccc(F)c1. The lowest BCUT2D eigenvalue weighted by molar-refractivity contribution is 0.195. The lowest BCUT2D eigenvalue weighted by Crippen LogP contribution is -2.41. The summed E-state index contributed by atoms with van der Waals surface area (Å²) >= 11 is 0. The highest BCUT2D eigenvalue weighted by Crippen LogP contribution is 2.23. The smallest absolute Gasteiger partial charge is 0.123 e. The van der Waals surface area contributed by atoms with Crippen LogP contribution in [0.5, 0.6) is 0 Å². The van der Waals surface area contributed by atoms with Gasteiger partial charge in [-0.05, 0) is 24.1 Å². The molecule has 3 N–H and O–H groups in total. The number of benzene rings is 1.